The Balaban J connectivity index is 2.85. The van der Waals surface area contributed by atoms with E-state index < -0.39 is 6.04 Å². The first-order chi connectivity index (χ1) is 8.88. The van der Waals surface area contributed by atoms with Crippen molar-refractivity contribution >= 4 is 0 Å². The zero-order valence-corrected chi connectivity index (χ0v) is 12.1. The van der Waals surface area contributed by atoms with Gasteiger partial charge in [0.15, 0.2) is 0 Å². The molecule has 0 bridgehead atoms. The summed E-state index contributed by atoms with van der Waals surface area (Å²) in [4.78, 5) is 0. The molecule has 0 aliphatic rings. The molecule has 0 heterocycles. The molecule has 0 saturated heterocycles. The minimum Gasteiger partial charge on any atom is -0.497 e. The summed E-state index contributed by atoms with van der Waals surface area (Å²) in [5, 5.41) is 8.64. The van der Waals surface area contributed by atoms with Crippen LogP contribution in [0.2, 0.25) is 0 Å². The van der Waals surface area contributed by atoms with Gasteiger partial charge < -0.3 is 15.2 Å². The molecule has 1 rings (SSSR count). The summed E-state index contributed by atoms with van der Waals surface area (Å²) < 4.78 is 11.0. The highest BCUT2D eigenvalue weighted by atomic mass is 16.5. The second-order valence-corrected chi connectivity index (χ2v) is 5.48. The smallest absolute Gasteiger partial charge is 0.123 e. The molecule has 1 unspecified atom stereocenters. The second-order valence-electron chi connectivity index (χ2n) is 5.48. The van der Waals surface area contributed by atoms with Crippen molar-refractivity contribution in [3.05, 3.63) is 23.8 Å². The van der Waals surface area contributed by atoms with Crippen LogP contribution in [0.4, 0.5) is 0 Å². The Bertz CT molecular complexity index is 458. The quantitative estimate of drug-likeness (QED) is 0.885. The highest BCUT2D eigenvalue weighted by Gasteiger charge is 2.20. The van der Waals surface area contributed by atoms with E-state index in [-0.39, 0.29) is 5.41 Å². The molecule has 1 aromatic carbocycles. The Labute approximate surface area is 115 Å². The monoisotopic (exact) mass is 262 g/mol. The highest BCUT2D eigenvalue weighted by molar-refractivity contribution is 5.44. The summed E-state index contributed by atoms with van der Waals surface area (Å²) >= 11 is 0. The van der Waals surface area contributed by atoms with Gasteiger partial charge in [-0.3, -0.25) is 0 Å². The number of nitrogens with two attached hydrogens (primary N) is 1. The summed E-state index contributed by atoms with van der Waals surface area (Å²) in [6, 6.07) is 7.27. The van der Waals surface area contributed by atoms with Gasteiger partial charge >= 0.3 is 0 Å². The van der Waals surface area contributed by atoms with Crippen LogP contribution in [0.3, 0.4) is 0 Å². The van der Waals surface area contributed by atoms with E-state index in [0.29, 0.717) is 13.0 Å². The third kappa shape index (κ3) is 4.46. The van der Waals surface area contributed by atoms with Crippen LogP contribution in [-0.4, -0.2) is 19.8 Å². The van der Waals surface area contributed by atoms with Crippen molar-refractivity contribution in [2.24, 2.45) is 5.73 Å². The van der Waals surface area contributed by atoms with Crippen molar-refractivity contribution in [1.82, 2.24) is 0 Å². The summed E-state index contributed by atoms with van der Waals surface area (Å²) in [5.41, 5.74) is 6.59. The van der Waals surface area contributed by atoms with Gasteiger partial charge in [-0.05, 0) is 23.6 Å². The van der Waals surface area contributed by atoms with Crippen LogP contribution in [0.1, 0.15) is 32.8 Å². The molecule has 104 valence electrons. The average molecular weight is 262 g/mol. The van der Waals surface area contributed by atoms with Gasteiger partial charge in [-0.1, -0.05) is 20.8 Å². The van der Waals surface area contributed by atoms with Gasteiger partial charge in [-0.25, -0.2) is 0 Å². The largest absolute Gasteiger partial charge is 0.497 e. The third-order valence-corrected chi connectivity index (χ3v) is 2.85. The first kappa shape index (κ1) is 15.3. The minimum absolute atomic E-state index is 0.0405. The maximum Gasteiger partial charge on any atom is 0.123 e. The van der Waals surface area contributed by atoms with Crippen molar-refractivity contribution in [2.45, 2.75) is 38.6 Å². The van der Waals surface area contributed by atoms with Crippen molar-refractivity contribution < 1.29 is 9.47 Å². The maximum atomic E-state index is 8.64. The minimum atomic E-state index is -0.476. The van der Waals surface area contributed by atoms with E-state index in [1.54, 1.807) is 7.11 Å². The molecule has 0 fully saturated rings. The number of hydrogen-bond donors (Lipinski definition) is 1. The number of nitrogens with zero attached hydrogens (tertiary/aromatic N) is 1. The molecule has 0 spiro atoms. The SMILES string of the molecule is COc1ccc(OCCC(N)C#N)c(C(C)(C)C)c1. The number of rotatable bonds is 5. The van der Waals surface area contributed by atoms with Crippen LogP contribution in [0.5, 0.6) is 11.5 Å². The van der Waals surface area contributed by atoms with Gasteiger partial charge in [0.25, 0.3) is 0 Å². The Morgan fingerprint density at radius 1 is 1.37 bits per heavy atom. The second kappa shape index (κ2) is 6.44. The number of ether oxygens (including phenoxy) is 2. The van der Waals surface area contributed by atoms with Crippen LogP contribution in [0.15, 0.2) is 18.2 Å². The fraction of sp³-hybridized carbons (Fsp3) is 0.533. The molecular weight excluding hydrogens is 240 g/mol. The first-order valence-corrected chi connectivity index (χ1v) is 6.35. The van der Waals surface area contributed by atoms with Gasteiger partial charge in [-0.15, -0.1) is 0 Å². The molecule has 1 aromatic rings. The Morgan fingerprint density at radius 3 is 2.58 bits per heavy atom. The fourth-order valence-corrected chi connectivity index (χ4v) is 1.71. The van der Waals surface area contributed by atoms with Crippen molar-refractivity contribution in [1.29, 1.82) is 5.26 Å². The molecule has 2 N–H and O–H groups in total. The normalized spacial score (nSPS) is 12.6. The van der Waals surface area contributed by atoms with Crippen LogP contribution in [0, 0.1) is 11.3 Å². The molecule has 19 heavy (non-hydrogen) atoms. The number of benzene rings is 1. The van der Waals surface area contributed by atoms with E-state index in [9.17, 15) is 0 Å². The summed E-state index contributed by atoms with van der Waals surface area (Å²) in [7, 11) is 1.65. The van der Waals surface area contributed by atoms with E-state index >= 15 is 0 Å². The van der Waals surface area contributed by atoms with Crippen LogP contribution >= 0.6 is 0 Å². The number of nitriles is 1. The van der Waals surface area contributed by atoms with Crippen LogP contribution in [0.25, 0.3) is 0 Å². The van der Waals surface area contributed by atoms with E-state index in [0.717, 1.165) is 17.1 Å². The Kier molecular flexibility index (Phi) is 5.20. The molecular formula is C15H22N2O2. The third-order valence-electron chi connectivity index (χ3n) is 2.85. The van der Waals surface area contributed by atoms with E-state index in [4.69, 9.17) is 20.5 Å². The van der Waals surface area contributed by atoms with Crippen molar-refractivity contribution in [3.63, 3.8) is 0 Å². The lowest BCUT2D eigenvalue weighted by Crippen LogP contribution is -2.21. The first-order valence-electron chi connectivity index (χ1n) is 6.35. The maximum absolute atomic E-state index is 8.64. The van der Waals surface area contributed by atoms with Crippen molar-refractivity contribution in [2.75, 3.05) is 13.7 Å². The number of methoxy groups -OCH3 is 1. The predicted octanol–water partition coefficient (Wildman–Crippen LogP) is 2.61. The molecule has 0 amide bonds. The standard InChI is InChI=1S/C15H22N2O2/c1-15(2,3)13-9-12(18-4)5-6-14(13)19-8-7-11(17)10-16/h5-6,9,11H,7-8,17H2,1-4H3. The van der Waals surface area contributed by atoms with Crippen LogP contribution in [-0.2, 0) is 5.41 Å². The lowest BCUT2D eigenvalue weighted by molar-refractivity contribution is 0.297. The lowest BCUT2D eigenvalue weighted by Gasteiger charge is -2.23. The topological polar surface area (TPSA) is 68.3 Å². The van der Waals surface area contributed by atoms with Gasteiger partial charge in [0, 0.05) is 12.0 Å². The zero-order valence-electron chi connectivity index (χ0n) is 12.1. The molecule has 4 nitrogen and oxygen atoms in total. The van der Waals surface area contributed by atoms with E-state index in [1.807, 2.05) is 24.3 Å². The number of hydrogen-bond acceptors (Lipinski definition) is 4. The zero-order chi connectivity index (χ0) is 14.5. The predicted molar refractivity (Wildman–Crippen MR) is 75.4 cm³/mol. The van der Waals surface area contributed by atoms with Gasteiger partial charge in [-0.2, -0.15) is 5.26 Å². The van der Waals surface area contributed by atoms with E-state index in [2.05, 4.69) is 20.8 Å². The summed E-state index contributed by atoms with van der Waals surface area (Å²) in [6.45, 7) is 6.80. The molecule has 4 heteroatoms. The van der Waals surface area contributed by atoms with E-state index in [1.165, 1.54) is 0 Å². The summed E-state index contributed by atoms with van der Waals surface area (Å²) in [5.74, 6) is 1.63. The Hall–Kier alpha value is -1.73. The average Bonchev–Trinajstić information content (AvgIpc) is 2.37. The Morgan fingerprint density at radius 2 is 2.05 bits per heavy atom. The van der Waals surface area contributed by atoms with Gasteiger partial charge in [0.2, 0.25) is 0 Å². The molecule has 0 aliphatic heterocycles. The van der Waals surface area contributed by atoms with Crippen LogP contribution < -0.4 is 15.2 Å². The molecule has 0 aromatic heterocycles. The molecule has 0 radical (unpaired) electrons. The highest BCUT2D eigenvalue weighted by Crippen LogP contribution is 2.34. The molecule has 1 atom stereocenters. The van der Waals surface area contributed by atoms with Gasteiger partial charge in [0.1, 0.15) is 11.5 Å². The van der Waals surface area contributed by atoms with Crippen molar-refractivity contribution in [3.8, 4) is 17.6 Å². The van der Waals surface area contributed by atoms with Gasteiger partial charge in [0.05, 0.1) is 25.8 Å². The lowest BCUT2D eigenvalue weighted by atomic mass is 9.86. The summed E-state index contributed by atoms with van der Waals surface area (Å²) in [6.07, 6.45) is 0.520. The fourth-order valence-electron chi connectivity index (χ4n) is 1.71. The molecule has 0 aliphatic carbocycles. The molecule has 0 saturated carbocycles.